The van der Waals surface area contributed by atoms with E-state index in [9.17, 15) is 14.0 Å². The van der Waals surface area contributed by atoms with Gasteiger partial charge in [0.25, 0.3) is 0 Å². The number of amides is 1. The second-order valence-electron chi connectivity index (χ2n) is 5.56. The van der Waals surface area contributed by atoms with Gasteiger partial charge < -0.3 is 10.1 Å². The van der Waals surface area contributed by atoms with E-state index in [2.05, 4.69) is 15.5 Å². The number of benzene rings is 1. The smallest absolute Gasteiger partial charge is 0.333 e. The maximum absolute atomic E-state index is 14.0. The number of aryl methyl sites for hydroxylation is 2. The van der Waals surface area contributed by atoms with Crippen LogP contribution in [0.2, 0.25) is 0 Å². The van der Waals surface area contributed by atoms with Crippen molar-refractivity contribution in [3.8, 4) is 0 Å². The van der Waals surface area contributed by atoms with Crippen LogP contribution >= 0.6 is 0 Å². The highest BCUT2D eigenvalue weighted by atomic mass is 19.1. The van der Waals surface area contributed by atoms with Crippen LogP contribution < -0.4 is 5.32 Å². The van der Waals surface area contributed by atoms with Gasteiger partial charge in [-0.05, 0) is 26.8 Å². The quantitative estimate of drug-likeness (QED) is 0.822. The van der Waals surface area contributed by atoms with Gasteiger partial charge in [0, 0.05) is 16.8 Å². The molecule has 6 nitrogen and oxygen atoms in total. The first-order chi connectivity index (χ1) is 11.4. The highest BCUT2D eigenvalue weighted by Gasteiger charge is 2.29. The molecule has 0 spiro atoms. The molecule has 0 unspecified atom stereocenters. The molecule has 7 heteroatoms. The Kier molecular flexibility index (Phi) is 5.33. The minimum Gasteiger partial charge on any atom is -0.467 e. The monoisotopic (exact) mass is 333 g/mol. The summed E-state index contributed by atoms with van der Waals surface area (Å²) in [5, 5.41) is 9.46. The molecule has 0 saturated heterocycles. The van der Waals surface area contributed by atoms with Crippen molar-refractivity contribution >= 4 is 11.9 Å². The van der Waals surface area contributed by atoms with E-state index in [4.69, 9.17) is 4.74 Å². The molecule has 0 bridgehead atoms. The minimum atomic E-state index is -1.21. The number of H-pyrrole nitrogens is 1. The number of hydrogen-bond donors (Lipinski definition) is 2. The largest absolute Gasteiger partial charge is 0.467 e. The number of nitrogens with one attached hydrogen (secondary N) is 2. The van der Waals surface area contributed by atoms with Gasteiger partial charge in [-0.2, -0.15) is 5.10 Å². The molecular weight excluding hydrogens is 313 g/mol. The van der Waals surface area contributed by atoms with Crippen LogP contribution in [-0.4, -0.2) is 29.2 Å². The molecule has 0 fully saturated rings. The average Bonchev–Trinajstić information content (AvgIpc) is 2.90. The van der Waals surface area contributed by atoms with E-state index in [1.165, 1.54) is 25.3 Å². The van der Waals surface area contributed by atoms with Crippen LogP contribution in [0, 0.1) is 19.7 Å². The summed E-state index contributed by atoms with van der Waals surface area (Å²) in [5.74, 6) is -2.29. The summed E-state index contributed by atoms with van der Waals surface area (Å²) >= 11 is 0. The van der Waals surface area contributed by atoms with Crippen molar-refractivity contribution < 1.29 is 18.7 Å². The first-order valence-corrected chi connectivity index (χ1v) is 7.50. The number of carbonyl (C=O) groups is 2. The Morgan fingerprint density at radius 2 is 1.96 bits per heavy atom. The van der Waals surface area contributed by atoms with Gasteiger partial charge in [0.15, 0.2) is 6.04 Å². The lowest BCUT2D eigenvalue weighted by Gasteiger charge is -2.20. The average molecular weight is 333 g/mol. The van der Waals surface area contributed by atoms with E-state index in [0.717, 1.165) is 11.3 Å². The molecule has 24 heavy (non-hydrogen) atoms. The van der Waals surface area contributed by atoms with Crippen molar-refractivity contribution in [1.29, 1.82) is 0 Å². The van der Waals surface area contributed by atoms with Crippen molar-refractivity contribution in [2.45, 2.75) is 32.7 Å². The maximum Gasteiger partial charge on any atom is 0.333 e. The lowest BCUT2D eigenvalue weighted by Crippen LogP contribution is -2.37. The van der Waals surface area contributed by atoms with E-state index < -0.39 is 29.7 Å². The highest BCUT2D eigenvalue weighted by Crippen LogP contribution is 2.24. The molecule has 1 heterocycles. The van der Waals surface area contributed by atoms with Crippen molar-refractivity contribution in [1.82, 2.24) is 15.5 Å². The molecule has 2 rings (SSSR count). The van der Waals surface area contributed by atoms with E-state index in [-0.39, 0.29) is 5.56 Å². The summed E-state index contributed by atoms with van der Waals surface area (Å²) in [5.41, 5.74) is 2.29. The third-order valence-corrected chi connectivity index (χ3v) is 3.95. The highest BCUT2D eigenvalue weighted by molar-refractivity contribution is 5.89. The number of aromatic amines is 1. The third kappa shape index (κ3) is 3.45. The molecule has 0 aliphatic carbocycles. The Bertz CT molecular complexity index is 738. The Labute approximate surface area is 139 Å². The van der Waals surface area contributed by atoms with Gasteiger partial charge in [-0.3, -0.25) is 9.89 Å². The third-order valence-electron chi connectivity index (χ3n) is 3.95. The first-order valence-electron chi connectivity index (χ1n) is 7.50. The summed E-state index contributed by atoms with van der Waals surface area (Å²) in [6, 6.07) is 4.56. The zero-order valence-corrected chi connectivity index (χ0v) is 14.0. The number of aromatic nitrogens is 2. The molecule has 2 atom stereocenters. The normalized spacial score (nSPS) is 13.2. The summed E-state index contributed by atoms with van der Waals surface area (Å²) in [6.07, 6.45) is 0. The number of carbonyl (C=O) groups excluding carboxylic acids is 2. The van der Waals surface area contributed by atoms with Crippen LogP contribution in [0.4, 0.5) is 4.39 Å². The van der Waals surface area contributed by atoms with Crippen LogP contribution in [0.5, 0.6) is 0 Å². The molecule has 0 radical (unpaired) electrons. The molecule has 1 amide bonds. The summed E-state index contributed by atoms with van der Waals surface area (Å²) < 4.78 is 18.7. The zero-order valence-electron chi connectivity index (χ0n) is 14.0. The second-order valence-corrected chi connectivity index (χ2v) is 5.56. The molecular formula is C17H20FN3O3. The fraction of sp³-hybridized carbons (Fsp3) is 0.353. The minimum absolute atomic E-state index is 0.0607. The topological polar surface area (TPSA) is 84.1 Å². The van der Waals surface area contributed by atoms with Crippen molar-refractivity contribution in [2.24, 2.45) is 0 Å². The predicted octanol–water partition coefficient (Wildman–Crippen LogP) is 2.30. The van der Waals surface area contributed by atoms with Crippen molar-refractivity contribution in [2.75, 3.05) is 7.11 Å². The second kappa shape index (κ2) is 7.25. The van der Waals surface area contributed by atoms with Crippen molar-refractivity contribution in [3.63, 3.8) is 0 Å². The lowest BCUT2D eigenvalue weighted by molar-refractivity contribution is -0.145. The standard InChI is InChI=1S/C17H20FN3O3/c1-9(14-10(2)20-21-11(14)3)16(22)19-15(17(23)24-4)12-7-5-6-8-13(12)18/h5-9,15H,1-4H3,(H,19,22)(H,20,21)/t9-,15+/m0/s1. The van der Waals surface area contributed by atoms with Crippen LogP contribution in [0.15, 0.2) is 24.3 Å². The van der Waals surface area contributed by atoms with E-state index in [1.807, 2.05) is 6.92 Å². The number of hydrogen-bond acceptors (Lipinski definition) is 4. The number of halogens is 1. The molecule has 1 aromatic carbocycles. The van der Waals surface area contributed by atoms with E-state index in [1.54, 1.807) is 19.9 Å². The Hall–Kier alpha value is -2.70. The fourth-order valence-corrected chi connectivity index (χ4v) is 2.69. The zero-order chi connectivity index (χ0) is 17.9. The van der Waals surface area contributed by atoms with Gasteiger partial charge >= 0.3 is 5.97 Å². The maximum atomic E-state index is 14.0. The number of ether oxygens (including phenoxy) is 1. The fourth-order valence-electron chi connectivity index (χ4n) is 2.69. The number of rotatable bonds is 5. The van der Waals surface area contributed by atoms with E-state index in [0.29, 0.717) is 5.69 Å². The molecule has 0 aliphatic rings. The van der Waals surface area contributed by atoms with Gasteiger partial charge in [0.2, 0.25) is 5.91 Å². The van der Waals surface area contributed by atoms with Gasteiger partial charge in [-0.25, -0.2) is 9.18 Å². The predicted molar refractivity (Wildman–Crippen MR) is 85.8 cm³/mol. The van der Waals surface area contributed by atoms with E-state index >= 15 is 0 Å². The van der Waals surface area contributed by atoms with Crippen LogP contribution in [-0.2, 0) is 14.3 Å². The number of methoxy groups -OCH3 is 1. The van der Waals surface area contributed by atoms with Crippen LogP contribution in [0.1, 0.15) is 41.4 Å². The molecule has 0 aliphatic heterocycles. The lowest BCUT2D eigenvalue weighted by atomic mass is 9.97. The molecule has 1 aromatic heterocycles. The van der Waals surface area contributed by atoms with Gasteiger partial charge in [0.05, 0.1) is 18.7 Å². The van der Waals surface area contributed by atoms with Gasteiger partial charge in [0.1, 0.15) is 5.82 Å². The Morgan fingerprint density at radius 3 is 2.50 bits per heavy atom. The Morgan fingerprint density at radius 1 is 1.29 bits per heavy atom. The van der Waals surface area contributed by atoms with Crippen LogP contribution in [0.25, 0.3) is 0 Å². The summed E-state index contributed by atoms with van der Waals surface area (Å²) in [4.78, 5) is 24.6. The molecule has 2 N–H and O–H groups in total. The first kappa shape index (κ1) is 17.7. The number of nitrogens with zero attached hydrogens (tertiary/aromatic N) is 1. The number of esters is 1. The summed E-state index contributed by atoms with van der Waals surface area (Å²) in [6.45, 7) is 5.31. The molecule has 2 aromatic rings. The summed E-state index contributed by atoms with van der Waals surface area (Å²) in [7, 11) is 1.19. The van der Waals surface area contributed by atoms with Crippen LogP contribution in [0.3, 0.4) is 0 Å². The SMILES string of the molecule is COC(=O)[C@H](NC(=O)[C@@H](C)c1c(C)n[nH]c1C)c1ccccc1F. The molecule has 0 saturated carbocycles. The molecule has 128 valence electrons. The van der Waals surface area contributed by atoms with Crippen molar-refractivity contribution in [3.05, 3.63) is 52.6 Å². The Balaban J connectivity index is 2.28. The van der Waals surface area contributed by atoms with Gasteiger partial charge in [-0.15, -0.1) is 0 Å². The van der Waals surface area contributed by atoms with Gasteiger partial charge in [-0.1, -0.05) is 18.2 Å².